The molecule has 102 valence electrons. The lowest BCUT2D eigenvalue weighted by Crippen LogP contribution is -2.37. The quantitative estimate of drug-likeness (QED) is 0.576. The van der Waals surface area contributed by atoms with Gasteiger partial charge in [-0.3, -0.25) is 0 Å². The Hall–Kier alpha value is -0.670. The molecule has 0 saturated carbocycles. The van der Waals surface area contributed by atoms with Gasteiger partial charge in [-0.25, -0.2) is 4.68 Å². The first-order valence-electron chi connectivity index (χ1n) is 6.13. The molecule has 0 aliphatic carbocycles. The first-order valence-corrected chi connectivity index (χ1v) is 7.58. The summed E-state index contributed by atoms with van der Waals surface area (Å²) in [6, 6.07) is 0. The zero-order valence-electron chi connectivity index (χ0n) is 10.4. The summed E-state index contributed by atoms with van der Waals surface area (Å²) in [6.07, 6.45) is 0. The highest BCUT2D eigenvalue weighted by Gasteiger charge is 2.22. The van der Waals surface area contributed by atoms with Gasteiger partial charge >= 0.3 is 0 Å². The second kappa shape index (κ2) is 5.37. The Morgan fingerprint density at radius 2 is 2.05 bits per heavy atom. The summed E-state index contributed by atoms with van der Waals surface area (Å²) < 4.78 is 8.14. The minimum Gasteiger partial charge on any atom is -0.378 e. The van der Waals surface area contributed by atoms with E-state index in [2.05, 4.69) is 42.6 Å². The molecule has 0 radical (unpaired) electrons. The van der Waals surface area contributed by atoms with Crippen molar-refractivity contribution in [2.75, 3.05) is 31.2 Å². The van der Waals surface area contributed by atoms with Crippen LogP contribution in [0.4, 0.5) is 5.82 Å². The van der Waals surface area contributed by atoms with Crippen LogP contribution >= 0.6 is 34.2 Å². The molecule has 3 rings (SSSR count). The number of aromatic nitrogens is 4. The lowest BCUT2D eigenvalue weighted by molar-refractivity contribution is 0.122. The van der Waals surface area contributed by atoms with E-state index in [4.69, 9.17) is 16.3 Å². The van der Waals surface area contributed by atoms with Gasteiger partial charge in [0, 0.05) is 19.6 Å². The summed E-state index contributed by atoms with van der Waals surface area (Å²) in [5, 5.41) is 5.73. The second-order valence-corrected chi connectivity index (χ2v) is 5.58. The Morgan fingerprint density at radius 1 is 1.32 bits per heavy atom. The normalized spacial score (nSPS) is 16.3. The molecular weight excluding hydrogens is 381 g/mol. The minimum absolute atomic E-state index is 0.264. The van der Waals surface area contributed by atoms with Gasteiger partial charge in [-0.05, 0) is 41.1 Å². The van der Waals surface area contributed by atoms with E-state index in [1.54, 1.807) is 0 Å². The molecule has 1 saturated heterocycles. The van der Waals surface area contributed by atoms with Crippen LogP contribution in [0.5, 0.6) is 0 Å². The molecule has 0 bridgehead atoms. The molecule has 6 nitrogen and oxygen atoms in total. The van der Waals surface area contributed by atoms with E-state index in [9.17, 15) is 0 Å². The highest BCUT2D eigenvalue weighted by atomic mass is 127. The molecule has 2 aromatic rings. The number of ether oxygens (including phenoxy) is 1. The molecule has 0 unspecified atom stereocenters. The van der Waals surface area contributed by atoms with Crippen LogP contribution in [0.2, 0.25) is 5.28 Å². The number of rotatable bonds is 2. The number of morpholine rings is 1. The van der Waals surface area contributed by atoms with Crippen LogP contribution in [-0.4, -0.2) is 46.1 Å². The van der Waals surface area contributed by atoms with E-state index in [1.807, 2.05) is 11.6 Å². The summed E-state index contributed by atoms with van der Waals surface area (Å²) in [7, 11) is 0. The molecule has 1 aliphatic rings. The summed E-state index contributed by atoms with van der Waals surface area (Å²) in [5.74, 6) is 0.863. The Bertz CT molecular complexity index is 611. The van der Waals surface area contributed by atoms with Gasteiger partial charge in [-0.2, -0.15) is 15.1 Å². The van der Waals surface area contributed by atoms with E-state index < -0.39 is 0 Å². The second-order valence-electron chi connectivity index (χ2n) is 4.22. The van der Waals surface area contributed by atoms with Gasteiger partial charge in [0.05, 0.1) is 18.6 Å². The van der Waals surface area contributed by atoms with Crippen LogP contribution in [0, 0.1) is 3.70 Å². The smallest absolute Gasteiger partial charge is 0.226 e. The van der Waals surface area contributed by atoms with E-state index >= 15 is 0 Å². The zero-order chi connectivity index (χ0) is 13.4. The van der Waals surface area contributed by atoms with Crippen LogP contribution < -0.4 is 4.90 Å². The summed E-state index contributed by atoms with van der Waals surface area (Å²) in [4.78, 5) is 10.9. The fourth-order valence-electron chi connectivity index (χ4n) is 2.21. The predicted molar refractivity (Wildman–Crippen MR) is 81.8 cm³/mol. The summed E-state index contributed by atoms with van der Waals surface area (Å²) in [5.41, 5.74) is 0.799. The van der Waals surface area contributed by atoms with Gasteiger partial charge in [0.15, 0.2) is 5.65 Å². The van der Waals surface area contributed by atoms with Crippen molar-refractivity contribution in [1.29, 1.82) is 0 Å². The van der Waals surface area contributed by atoms with Crippen molar-refractivity contribution >= 4 is 51.0 Å². The maximum Gasteiger partial charge on any atom is 0.226 e. The van der Waals surface area contributed by atoms with Crippen LogP contribution in [-0.2, 0) is 11.3 Å². The van der Waals surface area contributed by atoms with Crippen molar-refractivity contribution < 1.29 is 4.74 Å². The van der Waals surface area contributed by atoms with Crippen molar-refractivity contribution in [1.82, 2.24) is 19.7 Å². The molecular formula is C11H13ClIN5O. The molecule has 8 heteroatoms. The van der Waals surface area contributed by atoms with E-state index in [1.165, 1.54) is 0 Å². The standard InChI is InChI=1S/C11H13ClIN5O/c1-2-18-10-7(8(13)16-18)9(14-11(12)15-10)17-3-5-19-6-4-17/h2-6H2,1H3. The number of aryl methyl sites for hydroxylation is 1. The predicted octanol–water partition coefficient (Wildman–Crippen LogP) is 1.94. The lowest BCUT2D eigenvalue weighted by atomic mass is 10.3. The topological polar surface area (TPSA) is 56.1 Å². The number of fused-ring (bicyclic) bond motifs is 1. The van der Waals surface area contributed by atoms with Crippen LogP contribution in [0.3, 0.4) is 0 Å². The SMILES string of the molecule is CCn1nc(I)c2c(N3CCOCC3)nc(Cl)nc21. The fraction of sp³-hybridized carbons (Fsp3) is 0.545. The average molecular weight is 394 g/mol. The third kappa shape index (κ3) is 2.38. The Morgan fingerprint density at radius 3 is 2.74 bits per heavy atom. The molecule has 3 heterocycles. The van der Waals surface area contributed by atoms with Crippen molar-refractivity contribution in [2.45, 2.75) is 13.5 Å². The first kappa shape index (κ1) is 13.3. The molecule has 0 aromatic carbocycles. The van der Waals surface area contributed by atoms with Crippen molar-refractivity contribution in [3.63, 3.8) is 0 Å². The summed E-state index contributed by atoms with van der Waals surface area (Å²) in [6.45, 7) is 5.84. The van der Waals surface area contributed by atoms with E-state index in [0.29, 0.717) is 13.2 Å². The number of hydrogen-bond donors (Lipinski definition) is 0. The largest absolute Gasteiger partial charge is 0.378 e. The molecule has 0 atom stereocenters. The first-order chi connectivity index (χ1) is 9.20. The lowest BCUT2D eigenvalue weighted by Gasteiger charge is -2.28. The van der Waals surface area contributed by atoms with Crippen LogP contribution in [0.15, 0.2) is 0 Å². The number of halogens is 2. The maximum atomic E-state index is 6.06. The zero-order valence-corrected chi connectivity index (χ0v) is 13.3. The molecule has 1 fully saturated rings. The molecule has 0 N–H and O–H groups in total. The van der Waals surface area contributed by atoms with Gasteiger partial charge in [-0.15, -0.1) is 0 Å². The van der Waals surface area contributed by atoms with Gasteiger partial charge in [0.2, 0.25) is 5.28 Å². The van der Waals surface area contributed by atoms with Crippen LogP contribution in [0.25, 0.3) is 11.0 Å². The van der Waals surface area contributed by atoms with Gasteiger partial charge in [-0.1, -0.05) is 0 Å². The monoisotopic (exact) mass is 393 g/mol. The third-order valence-electron chi connectivity index (χ3n) is 3.11. The van der Waals surface area contributed by atoms with E-state index in [0.717, 1.165) is 40.2 Å². The third-order valence-corrected chi connectivity index (χ3v) is 4.04. The molecule has 1 aliphatic heterocycles. The highest BCUT2D eigenvalue weighted by molar-refractivity contribution is 14.1. The minimum atomic E-state index is 0.264. The van der Waals surface area contributed by atoms with Gasteiger partial charge < -0.3 is 9.64 Å². The highest BCUT2D eigenvalue weighted by Crippen LogP contribution is 2.29. The Balaban J connectivity index is 2.19. The summed E-state index contributed by atoms with van der Waals surface area (Å²) >= 11 is 8.28. The van der Waals surface area contributed by atoms with Gasteiger partial charge in [0.25, 0.3) is 0 Å². The molecule has 0 spiro atoms. The Labute approximate surface area is 129 Å². The molecule has 2 aromatic heterocycles. The number of nitrogens with zero attached hydrogens (tertiary/aromatic N) is 5. The van der Waals surface area contributed by atoms with E-state index in [-0.39, 0.29) is 5.28 Å². The number of anilines is 1. The average Bonchev–Trinajstić information content (AvgIpc) is 2.75. The van der Waals surface area contributed by atoms with Crippen molar-refractivity contribution in [3.8, 4) is 0 Å². The van der Waals surface area contributed by atoms with Gasteiger partial charge in [0.1, 0.15) is 9.52 Å². The number of hydrogen-bond acceptors (Lipinski definition) is 5. The molecule has 0 amide bonds. The fourth-order valence-corrected chi connectivity index (χ4v) is 3.11. The molecule has 19 heavy (non-hydrogen) atoms. The maximum absolute atomic E-state index is 6.06. The van der Waals surface area contributed by atoms with Crippen molar-refractivity contribution in [3.05, 3.63) is 8.98 Å². The Kier molecular flexibility index (Phi) is 3.77. The van der Waals surface area contributed by atoms with Crippen molar-refractivity contribution in [2.24, 2.45) is 0 Å². The van der Waals surface area contributed by atoms with Crippen LogP contribution in [0.1, 0.15) is 6.92 Å².